The summed E-state index contributed by atoms with van der Waals surface area (Å²) in [4.78, 5) is 12.3. The number of benzene rings is 1. The van der Waals surface area contributed by atoms with Crippen molar-refractivity contribution < 1.29 is 18.7 Å². The van der Waals surface area contributed by atoms with Crippen LogP contribution in [0.2, 0.25) is 0 Å². The topological polar surface area (TPSA) is 40.5 Å². The molecule has 1 N–H and O–H groups in total. The minimum atomic E-state index is -0.811. The number of carboxylic acid groups (broad SMARTS) is 1. The first-order valence-corrected chi connectivity index (χ1v) is 5.39. The fourth-order valence-corrected chi connectivity index (χ4v) is 2.07. The molecule has 0 unspecified atom stereocenters. The molecule has 2 rings (SSSR count). The van der Waals surface area contributed by atoms with Crippen LogP contribution in [0, 0.1) is 17.6 Å². The van der Waals surface area contributed by atoms with Crippen molar-refractivity contribution in [1.29, 1.82) is 0 Å². The van der Waals surface area contributed by atoms with Gasteiger partial charge in [-0.1, -0.05) is 0 Å². The lowest BCUT2D eigenvalue weighted by molar-refractivity contribution is -0.145. The predicted octanol–water partition coefficient (Wildman–Crippen LogP) is 2.26. The largest absolute Gasteiger partial charge is 0.481 e. The SMILES string of the molecule is CN(c1ccc(F)cc1F)C1CC(C(=O)O)C1. The zero-order valence-corrected chi connectivity index (χ0v) is 9.36. The van der Waals surface area contributed by atoms with Crippen LogP contribution in [0.5, 0.6) is 0 Å². The molecule has 0 aliphatic heterocycles. The molecule has 0 spiro atoms. The number of aliphatic carboxylic acids is 1. The molecule has 1 aromatic rings. The molecule has 1 fully saturated rings. The highest BCUT2D eigenvalue weighted by molar-refractivity contribution is 5.71. The summed E-state index contributed by atoms with van der Waals surface area (Å²) in [5.41, 5.74) is 0.306. The van der Waals surface area contributed by atoms with Crippen molar-refractivity contribution in [3.8, 4) is 0 Å². The molecular weight excluding hydrogens is 228 g/mol. The molecule has 0 heterocycles. The highest BCUT2D eigenvalue weighted by atomic mass is 19.1. The average Bonchev–Trinajstić information content (AvgIpc) is 2.13. The van der Waals surface area contributed by atoms with Gasteiger partial charge in [0.05, 0.1) is 11.6 Å². The second kappa shape index (κ2) is 4.31. The van der Waals surface area contributed by atoms with E-state index in [1.54, 1.807) is 11.9 Å². The molecule has 0 radical (unpaired) electrons. The quantitative estimate of drug-likeness (QED) is 0.882. The van der Waals surface area contributed by atoms with Crippen LogP contribution in [-0.4, -0.2) is 24.2 Å². The van der Waals surface area contributed by atoms with E-state index in [0.29, 0.717) is 18.5 Å². The molecule has 0 saturated heterocycles. The minimum Gasteiger partial charge on any atom is -0.481 e. The smallest absolute Gasteiger partial charge is 0.306 e. The fourth-order valence-electron chi connectivity index (χ4n) is 2.07. The van der Waals surface area contributed by atoms with Crippen molar-refractivity contribution in [2.75, 3.05) is 11.9 Å². The number of carbonyl (C=O) groups is 1. The number of hydrogen-bond donors (Lipinski definition) is 1. The third-order valence-electron chi connectivity index (χ3n) is 3.30. The summed E-state index contributed by atoms with van der Waals surface area (Å²) in [5, 5.41) is 8.75. The summed E-state index contributed by atoms with van der Waals surface area (Å²) in [7, 11) is 1.69. The predicted molar refractivity (Wildman–Crippen MR) is 58.9 cm³/mol. The maximum Gasteiger partial charge on any atom is 0.306 e. The molecule has 1 aliphatic carbocycles. The van der Waals surface area contributed by atoms with Crippen LogP contribution < -0.4 is 4.90 Å². The van der Waals surface area contributed by atoms with Gasteiger partial charge in [0.25, 0.3) is 0 Å². The summed E-state index contributed by atoms with van der Waals surface area (Å²) < 4.78 is 26.2. The molecule has 3 nitrogen and oxygen atoms in total. The van der Waals surface area contributed by atoms with Crippen molar-refractivity contribution in [3.63, 3.8) is 0 Å². The van der Waals surface area contributed by atoms with E-state index in [2.05, 4.69) is 0 Å². The first-order valence-electron chi connectivity index (χ1n) is 5.39. The standard InChI is InChI=1S/C12H13F2NO2/c1-15(9-4-7(5-9)12(16)17)11-3-2-8(13)6-10(11)14/h2-3,6-7,9H,4-5H2,1H3,(H,16,17). The summed E-state index contributed by atoms with van der Waals surface area (Å²) in [6.45, 7) is 0. The zero-order chi connectivity index (χ0) is 12.6. The number of nitrogens with zero attached hydrogens (tertiary/aromatic N) is 1. The lowest BCUT2D eigenvalue weighted by Gasteiger charge is -2.40. The van der Waals surface area contributed by atoms with Gasteiger partial charge in [-0.15, -0.1) is 0 Å². The van der Waals surface area contributed by atoms with Crippen LogP contribution in [0.3, 0.4) is 0 Å². The Morgan fingerprint density at radius 3 is 2.59 bits per heavy atom. The van der Waals surface area contributed by atoms with E-state index in [1.165, 1.54) is 12.1 Å². The van der Waals surface area contributed by atoms with E-state index in [-0.39, 0.29) is 12.0 Å². The maximum atomic E-state index is 13.5. The Balaban J connectivity index is 2.06. The number of anilines is 1. The first kappa shape index (κ1) is 11.8. The van der Waals surface area contributed by atoms with Crippen LogP contribution in [0.1, 0.15) is 12.8 Å². The third-order valence-corrected chi connectivity index (χ3v) is 3.30. The Labute approximate surface area is 97.7 Å². The number of rotatable bonds is 3. The van der Waals surface area contributed by atoms with Crippen molar-refractivity contribution in [1.82, 2.24) is 0 Å². The van der Waals surface area contributed by atoms with Crippen molar-refractivity contribution >= 4 is 11.7 Å². The van der Waals surface area contributed by atoms with Gasteiger partial charge in [0.1, 0.15) is 11.6 Å². The van der Waals surface area contributed by atoms with E-state index in [0.717, 1.165) is 6.07 Å². The van der Waals surface area contributed by atoms with Gasteiger partial charge in [-0.05, 0) is 25.0 Å². The molecule has 0 bridgehead atoms. The van der Waals surface area contributed by atoms with Gasteiger partial charge in [0, 0.05) is 19.2 Å². The molecule has 92 valence electrons. The number of hydrogen-bond acceptors (Lipinski definition) is 2. The maximum absolute atomic E-state index is 13.5. The molecule has 17 heavy (non-hydrogen) atoms. The van der Waals surface area contributed by atoms with Gasteiger partial charge in [-0.25, -0.2) is 8.78 Å². The lowest BCUT2D eigenvalue weighted by atomic mass is 9.79. The number of halogens is 2. The molecule has 5 heteroatoms. The van der Waals surface area contributed by atoms with Gasteiger partial charge in [0.15, 0.2) is 0 Å². The molecule has 0 amide bonds. The molecular formula is C12H13F2NO2. The fraction of sp³-hybridized carbons (Fsp3) is 0.417. The van der Waals surface area contributed by atoms with Crippen molar-refractivity contribution in [3.05, 3.63) is 29.8 Å². The Morgan fingerprint density at radius 2 is 2.06 bits per heavy atom. The van der Waals surface area contributed by atoms with Gasteiger partial charge in [-0.3, -0.25) is 4.79 Å². The second-order valence-electron chi connectivity index (χ2n) is 4.37. The normalized spacial score (nSPS) is 23.0. The monoisotopic (exact) mass is 241 g/mol. The lowest BCUT2D eigenvalue weighted by Crippen LogP contribution is -2.45. The highest BCUT2D eigenvalue weighted by Crippen LogP contribution is 2.34. The molecule has 1 saturated carbocycles. The van der Waals surface area contributed by atoms with E-state index < -0.39 is 17.6 Å². The highest BCUT2D eigenvalue weighted by Gasteiger charge is 2.37. The third kappa shape index (κ3) is 2.23. The minimum absolute atomic E-state index is 0.0102. The Bertz CT molecular complexity index is 444. The van der Waals surface area contributed by atoms with E-state index in [4.69, 9.17) is 5.11 Å². The molecule has 1 aliphatic rings. The van der Waals surface area contributed by atoms with Crippen LogP contribution >= 0.6 is 0 Å². The Kier molecular flexibility index (Phi) is 3.00. The summed E-state index contributed by atoms with van der Waals surface area (Å²) in [6.07, 6.45) is 1.01. The van der Waals surface area contributed by atoms with Crippen LogP contribution in [-0.2, 0) is 4.79 Å². The second-order valence-corrected chi connectivity index (χ2v) is 4.37. The van der Waals surface area contributed by atoms with E-state index in [1.807, 2.05) is 0 Å². The van der Waals surface area contributed by atoms with Gasteiger partial charge in [0.2, 0.25) is 0 Å². The summed E-state index contributed by atoms with van der Waals surface area (Å²) >= 11 is 0. The van der Waals surface area contributed by atoms with Gasteiger partial charge < -0.3 is 10.0 Å². The van der Waals surface area contributed by atoms with Crippen LogP contribution in [0.25, 0.3) is 0 Å². The van der Waals surface area contributed by atoms with Crippen LogP contribution in [0.15, 0.2) is 18.2 Å². The van der Waals surface area contributed by atoms with Crippen molar-refractivity contribution in [2.24, 2.45) is 5.92 Å². The van der Waals surface area contributed by atoms with E-state index in [9.17, 15) is 13.6 Å². The average molecular weight is 241 g/mol. The molecule has 1 aromatic carbocycles. The van der Waals surface area contributed by atoms with Crippen molar-refractivity contribution in [2.45, 2.75) is 18.9 Å². The zero-order valence-electron chi connectivity index (χ0n) is 9.36. The molecule has 0 atom stereocenters. The van der Waals surface area contributed by atoms with E-state index >= 15 is 0 Å². The van der Waals surface area contributed by atoms with Gasteiger partial charge >= 0.3 is 5.97 Å². The Hall–Kier alpha value is -1.65. The summed E-state index contributed by atoms with van der Waals surface area (Å²) in [6, 6.07) is 3.41. The Morgan fingerprint density at radius 1 is 1.41 bits per heavy atom. The van der Waals surface area contributed by atoms with Gasteiger partial charge in [-0.2, -0.15) is 0 Å². The number of carboxylic acids is 1. The van der Waals surface area contributed by atoms with Crippen LogP contribution in [0.4, 0.5) is 14.5 Å². The summed E-state index contributed by atoms with van der Waals surface area (Å²) in [5.74, 6) is -2.39. The first-order chi connectivity index (χ1) is 7.99. The molecule has 0 aromatic heterocycles.